The van der Waals surface area contributed by atoms with E-state index in [1.54, 1.807) is 4.90 Å². The van der Waals surface area contributed by atoms with E-state index in [2.05, 4.69) is 0 Å². The van der Waals surface area contributed by atoms with Gasteiger partial charge >= 0.3 is 6.09 Å². The molecule has 0 saturated heterocycles. The number of carbonyl (C=O) groups excluding carboxylic acids is 2. The fraction of sp³-hybridized carbons (Fsp3) is 0.385. The van der Waals surface area contributed by atoms with Crippen molar-refractivity contribution < 1.29 is 14.3 Å². The molecule has 1 aromatic rings. The van der Waals surface area contributed by atoms with E-state index in [-0.39, 0.29) is 5.91 Å². The number of hydrogen-bond acceptors (Lipinski definition) is 3. The number of primary amides is 1. The Balaban J connectivity index is 2.96. The molecule has 2 amide bonds. The summed E-state index contributed by atoms with van der Waals surface area (Å²) in [6.45, 7) is 5.37. The number of anilines is 1. The van der Waals surface area contributed by atoms with Crippen molar-refractivity contribution in [3.8, 4) is 0 Å². The van der Waals surface area contributed by atoms with Gasteiger partial charge in [-0.25, -0.2) is 4.79 Å². The van der Waals surface area contributed by atoms with Gasteiger partial charge in [0.05, 0.1) is 0 Å². The minimum Gasteiger partial charge on any atom is -0.434 e. The van der Waals surface area contributed by atoms with Gasteiger partial charge in [-0.1, -0.05) is 18.2 Å². The van der Waals surface area contributed by atoms with Gasteiger partial charge in [0.25, 0.3) is 5.91 Å². The van der Waals surface area contributed by atoms with Crippen LogP contribution in [-0.4, -0.2) is 24.1 Å². The molecule has 0 aliphatic rings. The second kappa shape index (κ2) is 5.53. The van der Waals surface area contributed by atoms with Gasteiger partial charge in [0.15, 0.2) is 5.60 Å². The predicted molar refractivity (Wildman–Crippen MR) is 69.2 cm³/mol. The van der Waals surface area contributed by atoms with Crippen molar-refractivity contribution in [2.24, 2.45) is 5.73 Å². The summed E-state index contributed by atoms with van der Waals surface area (Å²) in [7, 11) is 0. The van der Waals surface area contributed by atoms with Crippen molar-refractivity contribution >= 4 is 17.7 Å². The Morgan fingerprint density at radius 2 is 1.83 bits per heavy atom. The maximum atomic E-state index is 12.3. The third-order valence-corrected chi connectivity index (χ3v) is 2.50. The number of nitrogens with two attached hydrogens (primary N) is 1. The Morgan fingerprint density at radius 3 is 2.28 bits per heavy atom. The molecule has 0 aliphatic carbocycles. The van der Waals surface area contributed by atoms with Gasteiger partial charge in [0.1, 0.15) is 0 Å². The zero-order valence-corrected chi connectivity index (χ0v) is 10.8. The van der Waals surface area contributed by atoms with E-state index < -0.39 is 11.7 Å². The Labute approximate surface area is 107 Å². The van der Waals surface area contributed by atoms with E-state index in [9.17, 15) is 9.59 Å². The quantitative estimate of drug-likeness (QED) is 0.887. The Bertz CT molecular complexity index is 429. The van der Waals surface area contributed by atoms with Gasteiger partial charge in [-0.3, -0.25) is 4.79 Å². The second-order valence-corrected chi connectivity index (χ2v) is 4.32. The SMILES string of the molecule is CCN(C(=O)C(C)(C)OC(N)=O)c1ccccc1. The lowest BCUT2D eigenvalue weighted by atomic mass is 10.1. The van der Waals surface area contributed by atoms with E-state index in [0.717, 1.165) is 5.69 Å². The lowest BCUT2D eigenvalue weighted by Gasteiger charge is -2.30. The van der Waals surface area contributed by atoms with Crippen LogP contribution >= 0.6 is 0 Å². The number of para-hydroxylation sites is 1. The topological polar surface area (TPSA) is 72.6 Å². The standard InChI is InChI=1S/C13H18N2O3/c1-4-15(10-8-6-5-7-9-10)11(16)13(2,3)18-12(14)17/h5-9H,4H2,1-3H3,(H2,14,17). The average molecular weight is 250 g/mol. The largest absolute Gasteiger partial charge is 0.434 e. The van der Waals surface area contributed by atoms with Crippen LogP contribution in [-0.2, 0) is 9.53 Å². The molecule has 18 heavy (non-hydrogen) atoms. The molecule has 0 unspecified atom stereocenters. The van der Waals surface area contributed by atoms with Gasteiger partial charge in [-0.05, 0) is 32.9 Å². The van der Waals surface area contributed by atoms with E-state index in [1.807, 2.05) is 37.3 Å². The summed E-state index contributed by atoms with van der Waals surface area (Å²) in [5.74, 6) is -0.310. The zero-order valence-electron chi connectivity index (χ0n) is 10.8. The van der Waals surface area contributed by atoms with Gasteiger partial charge in [0.2, 0.25) is 0 Å². The molecule has 1 rings (SSSR count). The van der Waals surface area contributed by atoms with Gasteiger partial charge in [-0.2, -0.15) is 0 Å². The summed E-state index contributed by atoms with van der Waals surface area (Å²) < 4.78 is 4.85. The molecule has 5 nitrogen and oxygen atoms in total. The van der Waals surface area contributed by atoms with Crippen LogP contribution in [0.4, 0.5) is 10.5 Å². The maximum absolute atomic E-state index is 12.3. The van der Waals surface area contributed by atoms with Crippen LogP contribution in [0.3, 0.4) is 0 Å². The van der Waals surface area contributed by atoms with Crippen molar-refractivity contribution in [2.75, 3.05) is 11.4 Å². The third kappa shape index (κ3) is 3.23. The molecule has 0 atom stereocenters. The third-order valence-electron chi connectivity index (χ3n) is 2.50. The first-order valence-corrected chi connectivity index (χ1v) is 5.74. The summed E-state index contributed by atoms with van der Waals surface area (Å²) in [6.07, 6.45) is -0.961. The summed E-state index contributed by atoms with van der Waals surface area (Å²) in [5, 5.41) is 0. The highest BCUT2D eigenvalue weighted by molar-refractivity contribution is 5.99. The lowest BCUT2D eigenvalue weighted by molar-refractivity contribution is -0.133. The molecule has 0 aromatic heterocycles. The van der Waals surface area contributed by atoms with Crippen LogP contribution < -0.4 is 10.6 Å². The molecule has 0 heterocycles. The molecular formula is C13H18N2O3. The predicted octanol–water partition coefficient (Wildman–Crippen LogP) is 1.91. The van der Waals surface area contributed by atoms with Crippen LogP contribution in [0.2, 0.25) is 0 Å². The molecule has 0 aliphatic heterocycles. The number of hydrogen-bond donors (Lipinski definition) is 1. The molecule has 98 valence electrons. The first-order chi connectivity index (χ1) is 8.38. The van der Waals surface area contributed by atoms with Crippen molar-refractivity contribution in [1.29, 1.82) is 0 Å². The molecule has 0 fully saturated rings. The molecule has 1 aromatic carbocycles. The summed E-state index contributed by atoms with van der Waals surface area (Å²) in [6, 6.07) is 9.19. The van der Waals surface area contributed by atoms with Crippen molar-refractivity contribution in [1.82, 2.24) is 0 Å². The molecule has 5 heteroatoms. The number of benzene rings is 1. The first-order valence-electron chi connectivity index (χ1n) is 5.74. The van der Waals surface area contributed by atoms with Crippen LogP contribution in [0.25, 0.3) is 0 Å². The highest BCUT2D eigenvalue weighted by Gasteiger charge is 2.35. The number of ether oxygens (including phenoxy) is 1. The van der Waals surface area contributed by atoms with E-state index in [0.29, 0.717) is 6.54 Å². The molecule has 0 radical (unpaired) electrons. The van der Waals surface area contributed by atoms with Gasteiger partial charge in [-0.15, -0.1) is 0 Å². The summed E-state index contributed by atoms with van der Waals surface area (Å²) in [4.78, 5) is 24.7. The Kier molecular flexibility index (Phi) is 4.31. The second-order valence-electron chi connectivity index (χ2n) is 4.32. The number of amides is 2. The molecule has 2 N–H and O–H groups in total. The fourth-order valence-electron chi connectivity index (χ4n) is 1.67. The molecule has 0 bridgehead atoms. The lowest BCUT2D eigenvalue weighted by Crippen LogP contribution is -2.48. The zero-order chi connectivity index (χ0) is 13.8. The van der Waals surface area contributed by atoms with Crippen LogP contribution in [0.5, 0.6) is 0 Å². The van der Waals surface area contributed by atoms with Gasteiger partial charge < -0.3 is 15.4 Å². The number of nitrogens with zero attached hydrogens (tertiary/aromatic N) is 1. The highest BCUT2D eigenvalue weighted by atomic mass is 16.6. The normalized spacial score (nSPS) is 10.8. The highest BCUT2D eigenvalue weighted by Crippen LogP contribution is 2.20. The smallest absolute Gasteiger partial charge is 0.405 e. The number of likely N-dealkylation sites (N-methyl/N-ethyl adjacent to an activating group) is 1. The van der Waals surface area contributed by atoms with Gasteiger partial charge in [0, 0.05) is 12.2 Å². The summed E-state index contributed by atoms with van der Waals surface area (Å²) >= 11 is 0. The average Bonchev–Trinajstić information content (AvgIpc) is 2.29. The minimum absolute atomic E-state index is 0.310. The van der Waals surface area contributed by atoms with Crippen LogP contribution in [0, 0.1) is 0 Å². The Hall–Kier alpha value is -2.04. The van der Waals surface area contributed by atoms with Crippen molar-refractivity contribution in [3.05, 3.63) is 30.3 Å². The van der Waals surface area contributed by atoms with E-state index >= 15 is 0 Å². The number of rotatable bonds is 4. The van der Waals surface area contributed by atoms with E-state index in [1.165, 1.54) is 13.8 Å². The first kappa shape index (κ1) is 14.0. The fourth-order valence-corrected chi connectivity index (χ4v) is 1.67. The van der Waals surface area contributed by atoms with Crippen LogP contribution in [0.15, 0.2) is 30.3 Å². The summed E-state index contributed by atoms with van der Waals surface area (Å²) in [5.41, 5.74) is 4.44. The Morgan fingerprint density at radius 1 is 1.28 bits per heavy atom. The molecule has 0 spiro atoms. The van der Waals surface area contributed by atoms with Crippen LogP contribution in [0.1, 0.15) is 20.8 Å². The minimum atomic E-state index is -1.28. The molecule has 0 saturated carbocycles. The number of carbonyl (C=O) groups is 2. The molecular weight excluding hydrogens is 232 g/mol. The monoisotopic (exact) mass is 250 g/mol. The van der Waals surface area contributed by atoms with Crippen molar-refractivity contribution in [3.63, 3.8) is 0 Å². The van der Waals surface area contributed by atoms with E-state index in [4.69, 9.17) is 10.5 Å². The maximum Gasteiger partial charge on any atom is 0.405 e. The van der Waals surface area contributed by atoms with Crippen molar-refractivity contribution in [2.45, 2.75) is 26.4 Å².